The number of esters is 1. The second kappa shape index (κ2) is 7.41. The summed E-state index contributed by atoms with van der Waals surface area (Å²) in [5.41, 5.74) is 0.400. The van der Waals surface area contributed by atoms with Crippen LogP contribution in [-0.4, -0.2) is 29.1 Å². The zero-order chi connectivity index (χ0) is 14.3. The van der Waals surface area contributed by atoms with Gasteiger partial charge in [-0.1, -0.05) is 0 Å². The lowest BCUT2D eigenvalue weighted by Crippen LogP contribution is -2.27. The first-order chi connectivity index (χ1) is 9.06. The van der Waals surface area contributed by atoms with Gasteiger partial charge in [0.25, 0.3) is 0 Å². The largest absolute Gasteiger partial charge is 0.465 e. The van der Waals surface area contributed by atoms with Gasteiger partial charge in [0, 0.05) is 24.4 Å². The number of hydrogen-bond acceptors (Lipinski definition) is 5. The zero-order valence-electron chi connectivity index (χ0n) is 11.1. The molecule has 0 spiro atoms. The molecule has 0 fully saturated rings. The molecule has 1 aromatic rings. The Labute approximate surface area is 112 Å². The van der Waals surface area contributed by atoms with E-state index in [1.54, 1.807) is 19.1 Å². The van der Waals surface area contributed by atoms with Crippen LogP contribution in [0.2, 0.25) is 0 Å². The van der Waals surface area contributed by atoms with Crippen LogP contribution in [0.15, 0.2) is 24.5 Å². The SMILES string of the molecule is CCOC(=O)[C@@H](CCC(C)=O)C(=O)c1ccncc1. The molecule has 0 aromatic carbocycles. The fraction of sp³-hybridized carbons (Fsp3) is 0.429. The molecule has 5 nitrogen and oxygen atoms in total. The van der Waals surface area contributed by atoms with E-state index in [1.165, 1.54) is 19.3 Å². The van der Waals surface area contributed by atoms with E-state index >= 15 is 0 Å². The van der Waals surface area contributed by atoms with Crippen LogP contribution in [-0.2, 0) is 14.3 Å². The maximum Gasteiger partial charge on any atom is 0.316 e. The lowest BCUT2D eigenvalue weighted by molar-refractivity contribution is -0.146. The molecule has 5 heteroatoms. The number of pyridine rings is 1. The van der Waals surface area contributed by atoms with Gasteiger partial charge in [-0.15, -0.1) is 0 Å². The van der Waals surface area contributed by atoms with Crippen molar-refractivity contribution in [2.24, 2.45) is 5.92 Å². The van der Waals surface area contributed by atoms with E-state index in [2.05, 4.69) is 4.98 Å². The molecule has 1 aromatic heterocycles. The highest BCUT2D eigenvalue weighted by Gasteiger charge is 2.28. The van der Waals surface area contributed by atoms with Crippen molar-refractivity contribution in [3.05, 3.63) is 30.1 Å². The molecular weight excluding hydrogens is 246 g/mol. The van der Waals surface area contributed by atoms with Crippen LogP contribution in [0.25, 0.3) is 0 Å². The number of carbonyl (C=O) groups is 3. The van der Waals surface area contributed by atoms with Crippen molar-refractivity contribution in [3.8, 4) is 0 Å². The number of nitrogens with zero attached hydrogens (tertiary/aromatic N) is 1. The Morgan fingerprint density at radius 2 is 1.89 bits per heavy atom. The summed E-state index contributed by atoms with van der Waals surface area (Å²) in [5, 5.41) is 0. The summed E-state index contributed by atoms with van der Waals surface area (Å²) in [6.45, 7) is 3.31. The van der Waals surface area contributed by atoms with Crippen molar-refractivity contribution in [3.63, 3.8) is 0 Å². The third-order valence-electron chi connectivity index (χ3n) is 2.64. The minimum absolute atomic E-state index is 0.0585. The van der Waals surface area contributed by atoms with Crippen molar-refractivity contribution < 1.29 is 19.1 Å². The van der Waals surface area contributed by atoms with E-state index < -0.39 is 11.9 Å². The van der Waals surface area contributed by atoms with E-state index in [0.717, 1.165) is 0 Å². The molecule has 0 aliphatic carbocycles. The minimum atomic E-state index is -0.925. The Bertz CT molecular complexity index is 456. The van der Waals surface area contributed by atoms with Crippen LogP contribution in [0.3, 0.4) is 0 Å². The summed E-state index contributed by atoms with van der Waals surface area (Å²) in [4.78, 5) is 38.9. The molecule has 1 rings (SSSR count). The molecule has 0 aliphatic heterocycles. The van der Waals surface area contributed by atoms with Crippen molar-refractivity contribution in [1.29, 1.82) is 0 Å². The monoisotopic (exact) mass is 263 g/mol. The van der Waals surface area contributed by atoms with Crippen LogP contribution in [0.4, 0.5) is 0 Å². The van der Waals surface area contributed by atoms with Gasteiger partial charge in [0.1, 0.15) is 11.7 Å². The minimum Gasteiger partial charge on any atom is -0.465 e. The van der Waals surface area contributed by atoms with Crippen LogP contribution in [0, 0.1) is 5.92 Å². The van der Waals surface area contributed by atoms with Crippen molar-refractivity contribution >= 4 is 17.5 Å². The topological polar surface area (TPSA) is 73.3 Å². The molecule has 1 atom stereocenters. The van der Waals surface area contributed by atoms with Gasteiger partial charge in [-0.2, -0.15) is 0 Å². The van der Waals surface area contributed by atoms with Gasteiger partial charge < -0.3 is 9.53 Å². The molecule has 0 N–H and O–H groups in total. The number of hydrogen-bond donors (Lipinski definition) is 0. The summed E-state index contributed by atoms with van der Waals surface area (Å²) in [5.74, 6) is -1.89. The Morgan fingerprint density at radius 1 is 1.26 bits per heavy atom. The van der Waals surface area contributed by atoms with Gasteiger partial charge in [-0.25, -0.2) is 0 Å². The smallest absolute Gasteiger partial charge is 0.316 e. The van der Waals surface area contributed by atoms with Gasteiger partial charge in [0.15, 0.2) is 5.78 Å². The van der Waals surface area contributed by atoms with Crippen LogP contribution < -0.4 is 0 Å². The predicted molar refractivity (Wildman–Crippen MR) is 68.6 cm³/mol. The highest BCUT2D eigenvalue weighted by molar-refractivity contribution is 6.08. The number of rotatable bonds is 7. The van der Waals surface area contributed by atoms with Crippen LogP contribution in [0.5, 0.6) is 0 Å². The highest BCUT2D eigenvalue weighted by Crippen LogP contribution is 2.16. The molecule has 0 saturated heterocycles. The first-order valence-electron chi connectivity index (χ1n) is 6.16. The predicted octanol–water partition coefficient (Wildman–Crippen LogP) is 1.81. The third kappa shape index (κ3) is 4.62. The third-order valence-corrected chi connectivity index (χ3v) is 2.64. The molecule has 0 unspecified atom stereocenters. The Balaban J connectivity index is 2.86. The fourth-order valence-corrected chi connectivity index (χ4v) is 1.66. The lowest BCUT2D eigenvalue weighted by Gasteiger charge is -2.13. The maximum atomic E-state index is 12.2. The van der Waals surface area contributed by atoms with E-state index in [-0.39, 0.29) is 31.0 Å². The van der Waals surface area contributed by atoms with Gasteiger partial charge >= 0.3 is 5.97 Å². The van der Waals surface area contributed by atoms with E-state index in [1.807, 2.05) is 0 Å². The van der Waals surface area contributed by atoms with Gasteiger partial charge in [-0.05, 0) is 32.4 Å². The Morgan fingerprint density at radius 3 is 2.42 bits per heavy atom. The lowest BCUT2D eigenvalue weighted by atomic mass is 9.93. The molecule has 0 amide bonds. The normalized spacial score (nSPS) is 11.7. The molecule has 19 heavy (non-hydrogen) atoms. The number of Topliss-reactive ketones (excluding diaryl/α,β-unsaturated/α-hetero) is 2. The average molecular weight is 263 g/mol. The second-order valence-corrected chi connectivity index (χ2v) is 4.15. The van der Waals surface area contributed by atoms with Crippen LogP contribution >= 0.6 is 0 Å². The standard InChI is InChI=1S/C14H17NO4/c1-3-19-14(18)12(5-4-10(2)16)13(17)11-6-8-15-9-7-11/h6-9,12H,3-5H2,1-2H3/t12-/m0/s1. The molecule has 0 bridgehead atoms. The van der Waals surface area contributed by atoms with E-state index in [4.69, 9.17) is 4.74 Å². The fourth-order valence-electron chi connectivity index (χ4n) is 1.66. The highest BCUT2D eigenvalue weighted by atomic mass is 16.5. The molecule has 0 aliphatic rings. The molecule has 0 saturated carbocycles. The van der Waals surface area contributed by atoms with Crippen molar-refractivity contribution in [2.75, 3.05) is 6.61 Å². The molecule has 1 heterocycles. The van der Waals surface area contributed by atoms with Gasteiger partial charge in [-0.3, -0.25) is 14.6 Å². The maximum absolute atomic E-state index is 12.2. The van der Waals surface area contributed by atoms with E-state index in [0.29, 0.717) is 5.56 Å². The number of carbonyl (C=O) groups excluding carboxylic acids is 3. The quantitative estimate of drug-likeness (QED) is 0.426. The number of aromatic nitrogens is 1. The molecule has 102 valence electrons. The number of ether oxygens (including phenoxy) is 1. The molecular formula is C14H17NO4. The van der Waals surface area contributed by atoms with Crippen molar-refractivity contribution in [1.82, 2.24) is 4.98 Å². The summed E-state index contributed by atoms with van der Waals surface area (Å²) >= 11 is 0. The summed E-state index contributed by atoms with van der Waals surface area (Å²) in [6.07, 6.45) is 3.33. The van der Waals surface area contributed by atoms with Crippen LogP contribution in [0.1, 0.15) is 37.0 Å². The summed E-state index contributed by atoms with van der Waals surface area (Å²) in [7, 11) is 0. The summed E-state index contributed by atoms with van der Waals surface area (Å²) < 4.78 is 4.89. The van der Waals surface area contributed by atoms with Gasteiger partial charge in [0.05, 0.1) is 6.61 Å². The number of ketones is 2. The first kappa shape index (κ1) is 15.0. The van der Waals surface area contributed by atoms with Gasteiger partial charge in [0.2, 0.25) is 0 Å². The zero-order valence-corrected chi connectivity index (χ0v) is 11.1. The average Bonchev–Trinajstić information content (AvgIpc) is 2.39. The Hall–Kier alpha value is -2.04. The Kier molecular flexibility index (Phi) is 5.85. The first-order valence-corrected chi connectivity index (χ1v) is 6.16. The van der Waals surface area contributed by atoms with E-state index in [9.17, 15) is 14.4 Å². The summed E-state index contributed by atoms with van der Waals surface area (Å²) in [6, 6.07) is 3.09. The molecule has 0 radical (unpaired) electrons. The van der Waals surface area contributed by atoms with Crippen molar-refractivity contribution in [2.45, 2.75) is 26.7 Å². The second-order valence-electron chi connectivity index (χ2n) is 4.15.